The molecule has 0 aliphatic rings. The summed E-state index contributed by atoms with van der Waals surface area (Å²) in [6.07, 6.45) is 0.139. The average molecular weight is 378 g/mol. The number of carbonyl (C=O) groups is 2. The molecule has 6 heteroatoms. The van der Waals surface area contributed by atoms with Crippen LogP contribution < -0.4 is 14.8 Å². The molecule has 1 amide bonds. The predicted octanol–water partition coefficient (Wildman–Crippen LogP) is 3.78. The van der Waals surface area contributed by atoms with Crippen molar-refractivity contribution in [3.05, 3.63) is 53.0 Å². The van der Waals surface area contributed by atoms with Crippen LogP contribution in [0.25, 0.3) is 0 Å². The van der Waals surface area contributed by atoms with Crippen LogP contribution in [0.4, 0.5) is 5.69 Å². The second-order valence-electron chi connectivity index (χ2n) is 4.74. The largest absolute Gasteiger partial charge is 0.493 e. The summed E-state index contributed by atoms with van der Waals surface area (Å²) >= 11 is 3.35. The van der Waals surface area contributed by atoms with Crippen molar-refractivity contribution in [2.24, 2.45) is 0 Å². The third-order valence-corrected chi connectivity index (χ3v) is 3.27. The Kier molecular flexibility index (Phi) is 6.17. The lowest BCUT2D eigenvalue weighted by Gasteiger charge is -2.08. The molecule has 2 rings (SSSR count). The van der Waals surface area contributed by atoms with E-state index in [2.05, 4.69) is 21.2 Å². The fourth-order valence-corrected chi connectivity index (χ4v) is 2.18. The van der Waals surface area contributed by atoms with Crippen LogP contribution in [0.15, 0.2) is 53.0 Å². The van der Waals surface area contributed by atoms with E-state index in [0.717, 1.165) is 4.47 Å². The van der Waals surface area contributed by atoms with Gasteiger partial charge in [0.15, 0.2) is 0 Å². The highest BCUT2D eigenvalue weighted by molar-refractivity contribution is 9.10. The van der Waals surface area contributed by atoms with E-state index in [-0.39, 0.29) is 24.9 Å². The van der Waals surface area contributed by atoms with Crippen molar-refractivity contribution in [1.82, 2.24) is 0 Å². The first-order valence-corrected chi connectivity index (χ1v) is 7.79. The molecule has 0 atom stereocenters. The van der Waals surface area contributed by atoms with Crippen LogP contribution in [0, 0.1) is 0 Å². The molecule has 120 valence electrons. The number of benzene rings is 2. The van der Waals surface area contributed by atoms with E-state index < -0.39 is 0 Å². The number of amides is 1. The number of hydrogen-bond donors (Lipinski definition) is 1. The van der Waals surface area contributed by atoms with Crippen LogP contribution in [0.1, 0.15) is 13.3 Å². The van der Waals surface area contributed by atoms with Crippen molar-refractivity contribution in [2.45, 2.75) is 13.3 Å². The van der Waals surface area contributed by atoms with Crippen LogP contribution in [0.5, 0.6) is 11.5 Å². The Morgan fingerprint density at radius 1 is 1.09 bits per heavy atom. The maximum Gasteiger partial charge on any atom is 0.314 e. The lowest BCUT2D eigenvalue weighted by atomic mass is 10.3. The minimum Gasteiger partial charge on any atom is -0.493 e. The zero-order valence-corrected chi connectivity index (χ0v) is 14.1. The molecule has 0 spiro atoms. The first kappa shape index (κ1) is 17.0. The van der Waals surface area contributed by atoms with Gasteiger partial charge in [-0.3, -0.25) is 9.59 Å². The summed E-state index contributed by atoms with van der Waals surface area (Å²) in [6.45, 7) is 1.67. The van der Waals surface area contributed by atoms with E-state index in [1.54, 1.807) is 24.3 Å². The molecule has 2 aromatic carbocycles. The first-order chi connectivity index (χ1) is 11.0. The number of carbonyl (C=O) groups excluding carboxylic acids is 2. The van der Waals surface area contributed by atoms with E-state index in [1.165, 1.54) is 6.92 Å². The number of ether oxygens (including phenoxy) is 2. The van der Waals surface area contributed by atoms with E-state index in [1.807, 2.05) is 24.3 Å². The Morgan fingerprint density at radius 2 is 1.83 bits per heavy atom. The van der Waals surface area contributed by atoms with Gasteiger partial charge in [0.05, 0.1) is 13.0 Å². The Bertz CT molecular complexity index is 685. The summed E-state index contributed by atoms with van der Waals surface area (Å²) in [7, 11) is 0. The third-order valence-electron chi connectivity index (χ3n) is 2.78. The van der Waals surface area contributed by atoms with E-state index in [0.29, 0.717) is 17.2 Å². The van der Waals surface area contributed by atoms with Crippen LogP contribution in [0.2, 0.25) is 0 Å². The van der Waals surface area contributed by atoms with Gasteiger partial charge in [-0.05, 0) is 42.5 Å². The van der Waals surface area contributed by atoms with Crippen LogP contribution in [-0.2, 0) is 9.59 Å². The van der Waals surface area contributed by atoms with Crippen LogP contribution >= 0.6 is 15.9 Å². The normalized spacial score (nSPS) is 10.0. The van der Waals surface area contributed by atoms with Crippen molar-refractivity contribution in [3.8, 4) is 11.5 Å². The molecule has 0 aromatic heterocycles. The lowest BCUT2D eigenvalue weighted by molar-refractivity contribution is -0.134. The highest BCUT2D eigenvalue weighted by Crippen LogP contribution is 2.18. The molecule has 0 radical (unpaired) electrons. The molecule has 5 nitrogen and oxygen atoms in total. The summed E-state index contributed by atoms with van der Waals surface area (Å²) in [4.78, 5) is 22.7. The lowest BCUT2D eigenvalue weighted by Crippen LogP contribution is -2.12. The summed E-state index contributed by atoms with van der Waals surface area (Å²) in [5.41, 5.74) is 0.648. The van der Waals surface area contributed by atoms with Gasteiger partial charge in [-0.15, -0.1) is 0 Å². The fourth-order valence-electron chi connectivity index (χ4n) is 1.80. The van der Waals surface area contributed by atoms with Crippen molar-refractivity contribution < 1.29 is 19.1 Å². The quantitative estimate of drug-likeness (QED) is 0.614. The zero-order chi connectivity index (χ0) is 16.7. The molecule has 23 heavy (non-hydrogen) atoms. The van der Waals surface area contributed by atoms with E-state index >= 15 is 0 Å². The average Bonchev–Trinajstić information content (AvgIpc) is 2.49. The molecule has 0 saturated heterocycles. The van der Waals surface area contributed by atoms with Gasteiger partial charge in [0.25, 0.3) is 0 Å². The first-order valence-electron chi connectivity index (χ1n) is 6.99. The van der Waals surface area contributed by atoms with Crippen LogP contribution in [0.3, 0.4) is 0 Å². The topological polar surface area (TPSA) is 64.6 Å². The van der Waals surface area contributed by atoms with Crippen molar-refractivity contribution in [2.75, 3.05) is 11.9 Å². The minimum atomic E-state index is -0.382. The van der Waals surface area contributed by atoms with E-state index in [4.69, 9.17) is 9.47 Å². The maximum atomic E-state index is 11.8. The number of rotatable bonds is 6. The van der Waals surface area contributed by atoms with Crippen molar-refractivity contribution in [1.29, 1.82) is 0 Å². The molecular formula is C17H16BrNO4. The van der Waals surface area contributed by atoms with Crippen LogP contribution in [-0.4, -0.2) is 18.5 Å². The smallest absolute Gasteiger partial charge is 0.314 e. The monoisotopic (exact) mass is 377 g/mol. The van der Waals surface area contributed by atoms with Gasteiger partial charge in [0.1, 0.15) is 11.5 Å². The maximum absolute atomic E-state index is 11.8. The Hall–Kier alpha value is -2.34. The second kappa shape index (κ2) is 8.33. The molecular weight excluding hydrogens is 362 g/mol. The van der Waals surface area contributed by atoms with Gasteiger partial charge in [-0.2, -0.15) is 0 Å². The molecule has 0 heterocycles. The zero-order valence-electron chi connectivity index (χ0n) is 12.5. The SMILES string of the molecule is CC(=O)Nc1ccc(OC(=O)CCOc2cccc(Br)c2)cc1. The predicted molar refractivity (Wildman–Crippen MR) is 90.6 cm³/mol. The summed E-state index contributed by atoms with van der Waals surface area (Å²) in [5, 5.41) is 2.64. The highest BCUT2D eigenvalue weighted by atomic mass is 79.9. The number of nitrogens with one attached hydrogen (secondary N) is 1. The fraction of sp³-hybridized carbons (Fsp3) is 0.176. The minimum absolute atomic E-state index is 0.139. The molecule has 0 aliphatic carbocycles. The summed E-state index contributed by atoms with van der Waals surface area (Å²) in [6, 6.07) is 14.0. The number of halogens is 1. The standard InChI is InChI=1S/C17H16BrNO4/c1-12(20)19-14-5-7-15(8-6-14)23-17(21)9-10-22-16-4-2-3-13(18)11-16/h2-8,11H,9-10H2,1H3,(H,19,20). The molecule has 0 bridgehead atoms. The number of esters is 1. The molecule has 1 N–H and O–H groups in total. The van der Waals surface area contributed by atoms with Gasteiger partial charge in [0.2, 0.25) is 5.91 Å². The van der Waals surface area contributed by atoms with Gasteiger partial charge >= 0.3 is 5.97 Å². The third kappa shape index (κ3) is 6.12. The van der Waals surface area contributed by atoms with Gasteiger partial charge < -0.3 is 14.8 Å². The molecule has 0 saturated carbocycles. The van der Waals surface area contributed by atoms with Gasteiger partial charge in [0, 0.05) is 17.1 Å². The van der Waals surface area contributed by atoms with Gasteiger partial charge in [-0.1, -0.05) is 22.0 Å². The van der Waals surface area contributed by atoms with Gasteiger partial charge in [-0.25, -0.2) is 0 Å². The summed E-state index contributed by atoms with van der Waals surface area (Å²) in [5.74, 6) is 0.574. The van der Waals surface area contributed by atoms with Crippen molar-refractivity contribution in [3.63, 3.8) is 0 Å². The Labute approximate surface area is 142 Å². The molecule has 0 unspecified atom stereocenters. The molecule has 2 aromatic rings. The van der Waals surface area contributed by atoms with Crippen molar-refractivity contribution >= 4 is 33.5 Å². The van der Waals surface area contributed by atoms with E-state index in [9.17, 15) is 9.59 Å². The number of hydrogen-bond acceptors (Lipinski definition) is 4. The summed E-state index contributed by atoms with van der Waals surface area (Å²) < 4.78 is 11.6. The highest BCUT2D eigenvalue weighted by Gasteiger charge is 2.06. The molecule has 0 aliphatic heterocycles. The Morgan fingerprint density at radius 3 is 2.48 bits per heavy atom. The molecule has 0 fully saturated rings. The Balaban J connectivity index is 1.77. The number of anilines is 1. The second-order valence-corrected chi connectivity index (χ2v) is 5.65.